The van der Waals surface area contributed by atoms with Gasteiger partial charge in [0.25, 0.3) is 11.2 Å². The lowest BCUT2D eigenvalue weighted by atomic mass is 10.2. The molecule has 0 saturated heterocycles. The maximum absolute atomic E-state index is 13.5. The molecule has 0 aliphatic rings. The van der Waals surface area contributed by atoms with Crippen LogP contribution in [0.1, 0.15) is 37.3 Å². The first-order valence-corrected chi connectivity index (χ1v) is 12.2. The molecule has 8 heteroatoms. The Labute approximate surface area is 187 Å². The van der Waals surface area contributed by atoms with Gasteiger partial charge in [-0.15, -0.1) is 0 Å². The fourth-order valence-electron chi connectivity index (χ4n) is 3.89. The average molecular weight is 452 g/mol. The van der Waals surface area contributed by atoms with Crippen molar-refractivity contribution >= 4 is 32.3 Å². The fourth-order valence-corrected chi connectivity index (χ4v) is 5.30. The number of sulfone groups is 1. The largest absolute Gasteiger partial charge is 0.317 e. The molecular formula is C24H27N4O3S+. The van der Waals surface area contributed by atoms with Crippen LogP contribution in [0.5, 0.6) is 0 Å². The number of benzene rings is 1. The van der Waals surface area contributed by atoms with Gasteiger partial charge in [0.15, 0.2) is 0 Å². The molecule has 0 amide bonds. The van der Waals surface area contributed by atoms with Gasteiger partial charge in [0.05, 0.1) is 11.4 Å². The lowest BCUT2D eigenvalue weighted by Gasteiger charge is -2.13. The van der Waals surface area contributed by atoms with Crippen LogP contribution in [-0.4, -0.2) is 17.8 Å². The Bertz CT molecular complexity index is 1490. The SMILES string of the molecule is CCCCC[n+]1c(N)c(S(=O)(=O)c2ccc(C)cc2)cc2c(=O)n3cccc(C)c3nc21. The van der Waals surface area contributed by atoms with Crippen LogP contribution in [-0.2, 0) is 16.4 Å². The number of hydrogen-bond donors (Lipinski definition) is 1. The number of nitrogens with zero attached hydrogens (tertiary/aromatic N) is 3. The van der Waals surface area contributed by atoms with E-state index in [4.69, 9.17) is 10.7 Å². The number of aromatic nitrogens is 3. The van der Waals surface area contributed by atoms with Crippen molar-refractivity contribution < 1.29 is 13.0 Å². The second-order valence-corrected chi connectivity index (χ2v) is 10.0. The number of pyridine rings is 2. The van der Waals surface area contributed by atoms with Crippen molar-refractivity contribution in [1.29, 1.82) is 0 Å². The molecule has 0 fully saturated rings. The molecule has 0 unspecified atom stereocenters. The second kappa shape index (κ2) is 8.35. The average Bonchev–Trinajstić information content (AvgIpc) is 2.76. The first-order valence-electron chi connectivity index (χ1n) is 10.7. The highest BCUT2D eigenvalue weighted by molar-refractivity contribution is 7.91. The van der Waals surface area contributed by atoms with Crippen LogP contribution < -0.4 is 15.9 Å². The Hall–Kier alpha value is -3.26. The third-order valence-electron chi connectivity index (χ3n) is 5.74. The van der Waals surface area contributed by atoms with E-state index in [1.165, 1.54) is 10.5 Å². The Balaban J connectivity index is 2.07. The molecule has 7 nitrogen and oxygen atoms in total. The van der Waals surface area contributed by atoms with E-state index >= 15 is 0 Å². The van der Waals surface area contributed by atoms with Crippen molar-refractivity contribution in [1.82, 2.24) is 9.38 Å². The monoisotopic (exact) mass is 451 g/mol. The fraction of sp³-hybridized carbons (Fsp3) is 0.292. The summed E-state index contributed by atoms with van der Waals surface area (Å²) in [5.74, 6) is 0.0963. The van der Waals surface area contributed by atoms with Gasteiger partial charge >= 0.3 is 0 Å². The van der Waals surface area contributed by atoms with Gasteiger partial charge in [-0.25, -0.2) is 13.0 Å². The summed E-state index contributed by atoms with van der Waals surface area (Å²) in [5, 5.41) is 0.226. The number of anilines is 1. The zero-order chi connectivity index (χ0) is 23.0. The van der Waals surface area contributed by atoms with E-state index in [0.717, 1.165) is 30.4 Å². The predicted octanol–water partition coefficient (Wildman–Crippen LogP) is 3.36. The first kappa shape index (κ1) is 22.0. The molecule has 2 N–H and O–H groups in total. The Kier molecular flexibility index (Phi) is 5.73. The minimum atomic E-state index is -3.93. The van der Waals surface area contributed by atoms with Gasteiger partial charge in [0.1, 0.15) is 10.3 Å². The summed E-state index contributed by atoms with van der Waals surface area (Å²) in [6, 6.07) is 11.6. The number of fused-ring (bicyclic) bond motifs is 2. The summed E-state index contributed by atoms with van der Waals surface area (Å²) < 4.78 is 30.1. The minimum Gasteiger partial charge on any atom is -0.317 e. The highest BCUT2D eigenvalue weighted by Crippen LogP contribution is 2.27. The molecule has 0 atom stereocenters. The molecule has 3 heterocycles. The van der Waals surface area contributed by atoms with Crippen LogP contribution in [0.2, 0.25) is 0 Å². The predicted molar refractivity (Wildman–Crippen MR) is 124 cm³/mol. The van der Waals surface area contributed by atoms with Gasteiger partial charge in [0.2, 0.25) is 21.3 Å². The van der Waals surface area contributed by atoms with Crippen molar-refractivity contribution in [3.8, 4) is 0 Å². The molecule has 3 aromatic heterocycles. The van der Waals surface area contributed by atoms with Crippen LogP contribution >= 0.6 is 0 Å². The molecule has 32 heavy (non-hydrogen) atoms. The molecule has 0 bridgehead atoms. The van der Waals surface area contributed by atoms with E-state index in [-0.39, 0.29) is 26.6 Å². The third kappa shape index (κ3) is 3.64. The number of unbranched alkanes of at least 4 members (excludes halogenated alkanes) is 2. The van der Waals surface area contributed by atoms with E-state index in [9.17, 15) is 13.2 Å². The van der Waals surface area contributed by atoms with Crippen LogP contribution in [0.15, 0.2) is 63.2 Å². The molecule has 0 aliphatic heterocycles. The van der Waals surface area contributed by atoms with Crippen molar-refractivity contribution in [2.75, 3.05) is 5.73 Å². The number of aryl methyl sites for hydroxylation is 3. The van der Waals surface area contributed by atoms with E-state index in [0.29, 0.717) is 17.8 Å². The lowest BCUT2D eigenvalue weighted by Crippen LogP contribution is -2.41. The Morgan fingerprint density at radius 3 is 2.50 bits per heavy atom. The van der Waals surface area contributed by atoms with Gasteiger partial charge in [-0.2, -0.15) is 0 Å². The molecule has 4 rings (SSSR count). The topological polar surface area (TPSA) is 98.4 Å². The van der Waals surface area contributed by atoms with Gasteiger partial charge in [-0.05, 0) is 44.5 Å². The van der Waals surface area contributed by atoms with Crippen molar-refractivity contribution in [2.24, 2.45) is 0 Å². The highest BCUT2D eigenvalue weighted by atomic mass is 32.2. The smallest absolute Gasteiger partial charge is 0.278 e. The summed E-state index contributed by atoms with van der Waals surface area (Å²) in [6.45, 7) is 6.34. The molecule has 0 aliphatic carbocycles. The quantitative estimate of drug-likeness (QED) is 0.275. The van der Waals surface area contributed by atoms with Crippen molar-refractivity contribution in [3.05, 3.63) is 70.1 Å². The van der Waals surface area contributed by atoms with Crippen molar-refractivity contribution in [2.45, 2.75) is 56.4 Å². The van der Waals surface area contributed by atoms with E-state index in [1.807, 2.05) is 19.9 Å². The normalized spacial score (nSPS) is 12.0. The molecule has 1 aromatic carbocycles. The van der Waals surface area contributed by atoms with E-state index in [2.05, 4.69) is 6.92 Å². The van der Waals surface area contributed by atoms with Crippen LogP contribution in [0.3, 0.4) is 0 Å². The first-order chi connectivity index (χ1) is 15.3. The van der Waals surface area contributed by atoms with Gasteiger partial charge in [-0.3, -0.25) is 9.20 Å². The van der Waals surface area contributed by atoms with Gasteiger partial charge in [-0.1, -0.05) is 48.5 Å². The molecule has 0 radical (unpaired) electrons. The highest BCUT2D eigenvalue weighted by Gasteiger charge is 2.29. The summed E-state index contributed by atoms with van der Waals surface area (Å²) in [4.78, 5) is 18.2. The van der Waals surface area contributed by atoms with Crippen molar-refractivity contribution in [3.63, 3.8) is 0 Å². The standard InChI is InChI=1S/C24H26N4O3S/c1-4-5-6-13-27-21(25)20(32(30,31)18-11-9-16(2)10-12-18)15-19-23(27)26-22-17(3)8-7-14-28(22)24(19)29/h7-12,14-15,25H,4-6,13H2,1-3H3/p+1. The number of hydrogen-bond acceptors (Lipinski definition) is 5. The van der Waals surface area contributed by atoms with Gasteiger partial charge < -0.3 is 5.73 Å². The Morgan fingerprint density at radius 2 is 1.81 bits per heavy atom. The molecule has 166 valence electrons. The zero-order valence-electron chi connectivity index (χ0n) is 18.5. The molecule has 0 saturated carbocycles. The van der Waals surface area contributed by atoms with E-state index in [1.54, 1.807) is 41.1 Å². The maximum Gasteiger partial charge on any atom is 0.278 e. The number of nitrogens with two attached hydrogens (primary N) is 1. The number of rotatable bonds is 6. The van der Waals surface area contributed by atoms with Crippen LogP contribution in [0.25, 0.3) is 16.7 Å². The lowest BCUT2D eigenvalue weighted by molar-refractivity contribution is -0.660. The summed E-state index contributed by atoms with van der Waals surface area (Å²) in [6.07, 6.45) is 4.39. The summed E-state index contributed by atoms with van der Waals surface area (Å²) in [5.41, 5.74) is 8.87. The molecular weight excluding hydrogens is 424 g/mol. The molecule has 4 aromatic rings. The maximum atomic E-state index is 13.5. The summed E-state index contributed by atoms with van der Waals surface area (Å²) >= 11 is 0. The minimum absolute atomic E-state index is 0.0724. The molecule has 0 spiro atoms. The van der Waals surface area contributed by atoms with Crippen LogP contribution in [0, 0.1) is 13.8 Å². The number of nitrogen functional groups attached to an aromatic ring is 1. The second-order valence-electron chi connectivity index (χ2n) is 8.11. The van der Waals surface area contributed by atoms with E-state index < -0.39 is 9.84 Å². The van der Waals surface area contributed by atoms with Crippen LogP contribution in [0.4, 0.5) is 5.82 Å². The zero-order valence-corrected chi connectivity index (χ0v) is 19.3. The van der Waals surface area contributed by atoms with Gasteiger partial charge in [0, 0.05) is 11.8 Å². The third-order valence-corrected chi connectivity index (χ3v) is 7.54. The Morgan fingerprint density at radius 1 is 1.09 bits per heavy atom. The summed E-state index contributed by atoms with van der Waals surface area (Å²) in [7, 11) is -3.93.